The Morgan fingerprint density at radius 3 is 1.65 bits per heavy atom. The third-order valence-corrected chi connectivity index (χ3v) is 10.5. The molecule has 1 heterocycles. The van der Waals surface area contributed by atoms with E-state index in [2.05, 4.69) is 59.2 Å². The number of nitrogens with one attached hydrogen (secondary N) is 2. The lowest BCUT2D eigenvalue weighted by atomic mass is 9.79. The fourth-order valence-electron chi connectivity index (χ4n) is 8.16. The summed E-state index contributed by atoms with van der Waals surface area (Å²) in [6, 6.07) is 19.7. The van der Waals surface area contributed by atoms with Crippen LogP contribution < -0.4 is 10.6 Å². The van der Waals surface area contributed by atoms with Crippen LogP contribution in [0, 0.1) is 0 Å². The molecule has 1 amide bonds. The molecule has 0 bridgehead atoms. The third-order valence-electron chi connectivity index (χ3n) is 10.5. The number of hydrogen-bond donors (Lipinski definition) is 2. The highest BCUT2D eigenvalue weighted by atomic mass is 16.6. The Balaban J connectivity index is 1.17. The third kappa shape index (κ3) is 6.93. The summed E-state index contributed by atoms with van der Waals surface area (Å²) in [5.74, 6) is 1.69. The first kappa shape index (κ1) is 27.8. The molecule has 6 rings (SSSR count). The Kier molecular flexibility index (Phi) is 9.43. The van der Waals surface area contributed by atoms with Gasteiger partial charge < -0.3 is 15.4 Å². The molecular formula is C36H50N2O2. The van der Waals surface area contributed by atoms with Gasteiger partial charge in [-0.15, -0.1) is 0 Å². The van der Waals surface area contributed by atoms with Crippen molar-refractivity contribution in [3.63, 3.8) is 0 Å². The molecule has 2 N–H and O–H groups in total. The number of carbonyl (C=O) groups excluding carboxylic acids is 1. The van der Waals surface area contributed by atoms with Gasteiger partial charge in [0.05, 0.1) is 0 Å². The van der Waals surface area contributed by atoms with Crippen LogP contribution in [0.1, 0.15) is 143 Å². The van der Waals surface area contributed by atoms with Gasteiger partial charge in [0.2, 0.25) is 0 Å². The molecule has 4 fully saturated rings. The van der Waals surface area contributed by atoms with Gasteiger partial charge in [-0.1, -0.05) is 106 Å². The highest BCUT2D eigenvalue weighted by molar-refractivity contribution is 5.67. The monoisotopic (exact) mass is 542 g/mol. The molecule has 216 valence electrons. The molecule has 1 saturated heterocycles. The summed E-state index contributed by atoms with van der Waals surface area (Å²) in [5.41, 5.74) is 5.76. The van der Waals surface area contributed by atoms with Crippen LogP contribution in [0.4, 0.5) is 4.79 Å². The first-order chi connectivity index (χ1) is 19.7. The Bertz CT molecular complexity index is 1000. The van der Waals surface area contributed by atoms with Gasteiger partial charge >= 0.3 is 6.09 Å². The van der Waals surface area contributed by atoms with E-state index in [1.807, 2.05) is 0 Å². The minimum absolute atomic E-state index is 0.0842. The highest BCUT2D eigenvalue weighted by Crippen LogP contribution is 2.38. The minimum Gasteiger partial charge on any atom is -0.445 e. The summed E-state index contributed by atoms with van der Waals surface area (Å²) < 4.78 is 5.95. The molecule has 0 radical (unpaired) electrons. The lowest BCUT2D eigenvalue weighted by Gasteiger charge is -2.28. The van der Waals surface area contributed by atoms with E-state index in [1.165, 1.54) is 106 Å². The van der Waals surface area contributed by atoms with E-state index in [0.29, 0.717) is 0 Å². The van der Waals surface area contributed by atoms with Gasteiger partial charge in [-0.3, -0.25) is 0 Å². The molecule has 2 atom stereocenters. The van der Waals surface area contributed by atoms with Gasteiger partial charge in [-0.25, -0.2) is 4.79 Å². The Morgan fingerprint density at radius 2 is 1.15 bits per heavy atom. The average Bonchev–Trinajstić information content (AvgIpc) is 3.47. The summed E-state index contributed by atoms with van der Waals surface area (Å²) in [6.07, 6.45) is 20.0. The van der Waals surface area contributed by atoms with Crippen molar-refractivity contribution in [2.24, 2.45) is 0 Å². The molecule has 0 spiro atoms. The summed E-state index contributed by atoms with van der Waals surface area (Å²) in [5, 5.41) is 6.90. The van der Waals surface area contributed by atoms with Crippen molar-refractivity contribution in [2.75, 3.05) is 6.54 Å². The summed E-state index contributed by atoms with van der Waals surface area (Å²) >= 11 is 0. The molecule has 4 nitrogen and oxygen atoms in total. The molecule has 2 aromatic carbocycles. The van der Waals surface area contributed by atoms with Gasteiger partial charge in [0.25, 0.3) is 0 Å². The van der Waals surface area contributed by atoms with Crippen LogP contribution in [0.25, 0.3) is 0 Å². The highest BCUT2D eigenvalue weighted by Gasteiger charge is 2.35. The van der Waals surface area contributed by atoms with Crippen molar-refractivity contribution in [3.05, 3.63) is 70.8 Å². The molecule has 2 aromatic rings. The fourth-order valence-corrected chi connectivity index (χ4v) is 8.16. The van der Waals surface area contributed by atoms with E-state index in [1.54, 1.807) is 0 Å². The second kappa shape index (κ2) is 13.6. The second-order valence-electron chi connectivity index (χ2n) is 13.2. The standard InChI is InChI=1S/C36H50N2O2/c39-36(38-32-14-8-3-9-15-32)40-33-24-34(37-25-33)35(30-20-16-28(17-21-30)26-10-4-1-5-11-26)31-22-18-29(19-23-31)27-12-6-2-7-13-27/h16-23,26-27,32-35,37H,1-15,24-25H2,(H,38,39). The lowest BCUT2D eigenvalue weighted by molar-refractivity contribution is 0.101. The smallest absolute Gasteiger partial charge is 0.407 e. The average molecular weight is 543 g/mol. The molecule has 3 saturated carbocycles. The largest absolute Gasteiger partial charge is 0.445 e. The van der Waals surface area contributed by atoms with E-state index in [0.717, 1.165) is 37.6 Å². The normalized spacial score (nSPS) is 25.2. The quantitative estimate of drug-likeness (QED) is 0.368. The van der Waals surface area contributed by atoms with Crippen molar-refractivity contribution in [3.8, 4) is 0 Å². The molecule has 0 aromatic heterocycles. The SMILES string of the molecule is O=C(NC1CCCCC1)OC1CNC(C(c2ccc(C3CCCCC3)cc2)c2ccc(C3CCCCC3)cc2)C1. The van der Waals surface area contributed by atoms with Gasteiger partial charge in [0.1, 0.15) is 6.10 Å². The van der Waals surface area contributed by atoms with Gasteiger partial charge in [-0.2, -0.15) is 0 Å². The number of hydrogen-bond acceptors (Lipinski definition) is 3. The molecule has 4 heteroatoms. The Morgan fingerprint density at radius 1 is 0.675 bits per heavy atom. The molecule has 2 unspecified atom stereocenters. The van der Waals surface area contributed by atoms with Crippen LogP contribution >= 0.6 is 0 Å². The van der Waals surface area contributed by atoms with Crippen LogP contribution in [-0.4, -0.2) is 30.8 Å². The van der Waals surface area contributed by atoms with Crippen LogP contribution in [0.15, 0.2) is 48.5 Å². The van der Waals surface area contributed by atoms with E-state index in [9.17, 15) is 4.79 Å². The van der Waals surface area contributed by atoms with Crippen LogP contribution in [0.3, 0.4) is 0 Å². The maximum absolute atomic E-state index is 12.7. The molecule has 3 aliphatic carbocycles. The molecule has 4 aliphatic rings. The zero-order valence-electron chi connectivity index (χ0n) is 24.4. The minimum atomic E-state index is -0.232. The molecule has 40 heavy (non-hydrogen) atoms. The van der Waals surface area contributed by atoms with Crippen molar-refractivity contribution >= 4 is 6.09 Å². The van der Waals surface area contributed by atoms with Crippen molar-refractivity contribution < 1.29 is 9.53 Å². The predicted octanol–water partition coefficient (Wildman–Crippen LogP) is 8.70. The van der Waals surface area contributed by atoms with Crippen molar-refractivity contribution in [1.29, 1.82) is 0 Å². The Labute approximate surface area is 242 Å². The summed E-state index contributed by atoms with van der Waals surface area (Å²) in [6.45, 7) is 0.722. The maximum atomic E-state index is 12.7. The summed E-state index contributed by atoms with van der Waals surface area (Å²) in [7, 11) is 0. The topological polar surface area (TPSA) is 50.4 Å². The number of alkyl carbamates (subject to hydrolysis) is 1. The number of amides is 1. The zero-order chi connectivity index (χ0) is 27.1. The van der Waals surface area contributed by atoms with E-state index < -0.39 is 0 Å². The predicted molar refractivity (Wildman–Crippen MR) is 163 cm³/mol. The first-order valence-electron chi connectivity index (χ1n) is 16.6. The van der Waals surface area contributed by atoms with Gasteiger partial charge in [0, 0.05) is 31.0 Å². The van der Waals surface area contributed by atoms with E-state index >= 15 is 0 Å². The van der Waals surface area contributed by atoms with Crippen LogP contribution in [0.5, 0.6) is 0 Å². The van der Waals surface area contributed by atoms with E-state index in [4.69, 9.17) is 4.74 Å². The number of benzene rings is 2. The van der Waals surface area contributed by atoms with Crippen molar-refractivity contribution in [2.45, 2.75) is 139 Å². The Hall–Kier alpha value is -2.33. The second-order valence-corrected chi connectivity index (χ2v) is 13.2. The van der Waals surface area contributed by atoms with Crippen LogP contribution in [-0.2, 0) is 4.74 Å². The zero-order valence-corrected chi connectivity index (χ0v) is 24.4. The lowest BCUT2D eigenvalue weighted by Crippen LogP contribution is -2.38. The van der Waals surface area contributed by atoms with Gasteiger partial charge in [0.15, 0.2) is 0 Å². The van der Waals surface area contributed by atoms with Gasteiger partial charge in [-0.05, 0) is 72.6 Å². The number of ether oxygens (including phenoxy) is 1. The fraction of sp³-hybridized carbons (Fsp3) is 0.639. The van der Waals surface area contributed by atoms with Crippen LogP contribution in [0.2, 0.25) is 0 Å². The molecular weight excluding hydrogens is 492 g/mol. The first-order valence-corrected chi connectivity index (χ1v) is 16.6. The number of carbonyl (C=O) groups is 1. The summed E-state index contributed by atoms with van der Waals surface area (Å²) in [4.78, 5) is 12.7. The van der Waals surface area contributed by atoms with E-state index in [-0.39, 0.29) is 30.2 Å². The maximum Gasteiger partial charge on any atom is 0.407 e. The molecule has 1 aliphatic heterocycles. The number of rotatable bonds is 7. The van der Waals surface area contributed by atoms with Crippen molar-refractivity contribution in [1.82, 2.24) is 10.6 Å².